The van der Waals surface area contributed by atoms with Crippen LogP contribution in [0.5, 0.6) is 5.75 Å². The quantitative estimate of drug-likeness (QED) is 0.564. The van der Waals surface area contributed by atoms with Crippen LogP contribution in [0.2, 0.25) is 0 Å². The molecule has 124 valence electrons. The zero-order valence-corrected chi connectivity index (χ0v) is 15.3. The number of furan rings is 1. The molecule has 4 nitrogen and oxygen atoms in total. The van der Waals surface area contributed by atoms with E-state index in [1.807, 2.05) is 43.3 Å². The van der Waals surface area contributed by atoms with Crippen molar-refractivity contribution < 1.29 is 18.7 Å². The molecule has 0 unspecified atom stereocenters. The average Bonchev–Trinajstić information content (AvgIpc) is 2.93. The highest BCUT2D eigenvalue weighted by Gasteiger charge is 2.24. The van der Waals surface area contributed by atoms with Gasteiger partial charge in [-0.25, -0.2) is 4.79 Å². The van der Waals surface area contributed by atoms with Gasteiger partial charge in [-0.05, 0) is 43.7 Å². The van der Waals surface area contributed by atoms with Crippen LogP contribution in [0.15, 0.2) is 45.3 Å². The van der Waals surface area contributed by atoms with Gasteiger partial charge < -0.3 is 13.9 Å². The first kappa shape index (κ1) is 16.6. The van der Waals surface area contributed by atoms with Crippen LogP contribution in [0, 0.1) is 6.92 Å². The Kier molecular flexibility index (Phi) is 4.62. The van der Waals surface area contributed by atoms with Gasteiger partial charge in [-0.1, -0.05) is 28.1 Å². The van der Waals surface area contributed by atoms with Crippen LogP contribution in [0.1, 0.15) is 22.8 Å². The molecule has 1 heterocycles. The lowest BCUT2D eigenvalue weighted by Gasteiger charge is -2.05. The summed E-state index contributed by atoms with van der Waals surface area (Å²) in [7, 11) is 1.61. The number of carbonyl (C=O) groups excluding carboxylic acids is 1. The number of halogens is 1. The zero-order chi connectivity index (χ0) is 17.3. The van der Waals surface area contributed by atoms with Gasteiger partial charge in [-0.15, -0.1) is 0 Å². The Bertz CT molecular complexity index is 894. The number of methoxy groups -OCH3 is 1. The van der Waals surface area contributed by atoms with E-state index in [-0.39, 0.29) is 0 Å². The maximum Gasteiger partial charge on any atom is 0.342 e. The molecule has 0 N–H and O–H groups in total. The van der Waals surface area contributed by atoms with Crippen molar-refractivity contribution in [3.63, 3.8) is 0 Å². The molecule has 1 aromatic heterocycles. The maximum absolute atomic E-state index is 12.5. The summed E-state index contributed by atoms with van der Waals surface area (Å²) in [5.74, 6) is 0.805. The minimum Gasteiger partial charge on any atom is -0.496 e. The highest BCUT2D eigenvalue weighted by atomic mass is 79.9. The van der Waals surface area contributed by atoms with Crippen LogP contribution >= 0.6 is 15.9 Å². The van der Waals surface area contributed by atoms with Gasteiger partial charge in [0, 0.05) is 15.4 Å². The van der Waals surface area contributed by atoms with Crippen LogP contribution in [0.4, 0.5) is 0 Å². The standard InChI is InChI=1S/C19H17BrO4/c1-4-23-19(21)17-14-10-15(22-3)11(2)9-16(14)24-18(17)12-5-7-13(20)8-6-12/h5-10H,4H2,1-3H3. The van der Waals surface area contributed by atoms with E-state index in [0.717, 1.165) is 15.6 Å². The lowest BCUT2D eigenvalue weighted by Crippen LogP contribution is -2.05. The Hall–Kier alpha value is -2.27. The van der Waals surface area contributed by atoms with Crippen LogP contribution in [0.3, 0.4) is 0 Å². The molecule has 0 spiro atoms. The van der Waals surface area contributed by atoms with E-state index in [9.17, 15) is 4.79 Å². The Morgan fingerprint density at radius 3 is 2.54 bits per heavy atom. The van der Waals surface area contributed by atoms with Crippen molar-refractivity contribution in [2.24, 2.45) is 0 Å². The minimum atomic E-state index is -0.403. The number of aryl methyl sites for hydroxylation is 1. The smallest absolute Gasteiger partial charge is 0.342 e. The molecule has 24 heavy (non-hydrogen) atoms. The second kappa shape index (κ2) is 6.69. The van der Waals surface area contributed by atoms with Gasteiger partial charge in [0.2, 0.25) is 0 Å². The lowest BCUT2D eigenvalue weighted by atomic mass is 10.0. The van der Waals surface area contributed by atoms with E-state index >= 15 is 0 Å². The van der Waals surface area contributed by atoms with Crippen LogP contribution in [0.25, 0.3) is 22.3 Å². The fourth-order valence-electron chi connectivity index (χ4n) is 2.66. The van der Waals surface area contributed by atoms with Crippen molar-refractivity contribution in [1.29, 1.82) is 0 Å². The average molecular weight is 389 g/mol. The summed E-state index contributed by atoms with van der Waals surface area (Å²) < 4.78 is 17.6. The van der Waals surface area contributed by atoms with Gasteiger partial charge in [0.1, 0.15) is 22.7 Å². The van der Waals surface area contributed by atoms with E-state index < -0.39 is 5.97 Å². The fraction of sp³-hybridized carbons (Fsp3) is 0.211. The minimum absolute atomic E-state index is 0.300. The zero-order valence-electron chi connectivity index (χ0n) is 13.7. The maximum atomic E-state index is 12.5. The fourth-order valence-corrected chi connectivity index (χ4v) is 2.92. The molecule has 0 aliphatic heterocycles. The SMILES string of the molecule is CCOC(=O)c1c(-c2ccc(Br)cc2)oc2cc(C)c(OC)cc12. The van der Waals surface area contributed by atoms with Gasteiger partial charge in [0.25, 0.3) is 0 Å². The van der Waals surface area contributed by atoms with E-state index in [1.165, 1.54) is 0 Å². The normalized spacial score (nSPS) is 10.8. The third-order valence-electron chi connectivity index (χ3n) is 3.79. The van der Waals surface area contributed by atoms with Crippen LogP contribution in [-0.2, 0) is 4.74 Å². The largest absolute Gasteiger partial charge is 0.496 e. The Morgan fingerprint density at radius 2 is 1.92 bits per heavy atom. The molecule has 3 rings (SSSR count). The molecule has 0 fully saturated rings. The molecule has 0 saturated carbocycles. The van der Waals surface area contributed by atoms with Gasteiger partial charge in [0.05, 0.1) is 13.7 Å². The number of esters is 1. The van der Waals surface area contributed by atoms with Gasteiger partial charge in [-0.3, -0.25) is 0 Å². The monoisotopic (exact) mass is 388 g/mol. The third kappa shape index (κ3) is 2.91. The van der Waals surface area contributed by atoms with E-state index in [2.05, 4.69) is 15.9 Å². The number of hydrogen-bond donors (Lipinski definition) is 0. The molecule has 0 bridgehead atoms. The lowest BCUT2D eigenvalue weighted by molar-refractivity contribution is 0.0529. The first-order chi connectivity index (χ1) is 11.5. The molecule has 0 atom stereocenters. The molecule has 5 heteroatoms. The summed E-state index contributed by atoms with van der Waals surface area (Å²) in [6.07, 6.45) is 0. The van der Waals surface area contributed by atoms with E-state index in [4.69, 9.17) is 13.9 Å². The summed E-state index contributed by atoms with van der Waals surface area (Å²) in [4.78, 5) is 12.5. The van der Waals surface area contributed by atoms with Crippen molar-refractivity contribution in [2.75, 3.05) is 13.7 Å². The molecule has 0 saturated heterocycles. The second-order valence-corrected chi connectivity index (χ2v) is 6.27. The predicted molar refractivity (Wildman–Crippen MR) is 96.6 cm³/mol. The van der Waals surface area contributed by atoms with E-state index in [0.29, 0.717) is 34.6 Å². The van der Waals surface area contributed by atoms with Crippen molar-refractivity contribution in [3.8, 4) is 17.1 Å². The van der Waals surface area contributed by atoms with Crippen molar-refractivity contribution in [1.82, 2.24) is 0 Å². The van der Waals surface area contributed by atoms with Crippen molar-refractivity contribution >= 4 is 32.9 Å². The van der Waals surface area contributed by atoms with E-state index in [1.54, 1.807) is 14.0 Å². The Morgan fingerprint density at radius 1 is 1.21 bits per heavy atom. The number of rotatable bonds is 4. The number of benzene rings is 2. The summed E-state index contributed by atoms with van der Waals surface area (Å²) in [5, 5.41) is 0.689. The number of fused-ring (bicyclic) bond motifs is 1. The molecule has 3 aromatic rings. The van der Waals surface area contributed by atoms with Gasteiger partial charge in [0.15, 0.2) is 0 Å². The van der Waals surface area contributed by atoms with Crippen molar-refractivity contribution in [3.05, 3.63) is 52.0 Å². The van der Waals surface area contributed by atoms with Crippen LogP contribution < -0.4 is 4.74 Å². The van der Waals surface area contributed by atoms with Crippen molar-refractivity contribution in [2.45, 2.75) is 13.8 Å². The topological polar surface area (TPSA) is 48.7 Å². The molecule has 0 amide bonds. The molecule has 2 aromatic carbocycles. The predicted octanol–water partition coefficient (Wildman–Crippen LogP) is 5.36. The molecule has 0 radical (unpaired) electrons. The number of carbonyl (C=O) groups is 1. The summed E-state index contributed by atoms with van der Waals surface area (Å²) in [5.41, 5.74) is 2.81. The Balaban J connectivity index is 2.29. The first-order valence-corrected chi connectivity index (χ1v) is 8.38. The molecule has 0 aliphatic carbocycles. The van der Waals surface area contributed by atoms with Crippen LogP contribution in [-0.4, -0.2) is 19.7 Å². The summed E-state index contributed by atoms with van der Waals surface area (Å²) in [6, 6.07) is 11.3. The highest BCUT2D eigenvalue weighted by molar-refractivity contribution is 9.10. The summed E-state index contributed by atoms with van der Waals surface area (Å²) >= 11 is 3.41. The molecule has 0 aliphatic rings. The van der Waals surface area contributed by atoms with Gasteiger partial charge >= 0.3 is 5.97 Å². The number of hydrogen-bond acceptors (Lipinski definition) is 4. The highest BCUT2D eigenvalue weighted by Crippen LogP contribution is 2.37. The summed E-state index contributed by atoms with van der Waals surface area (Å²) in [6.45, 7) is 4.02. The number of ether oxygens (including phenoxy) is 2. The first-order valence-electron chi connectivity index (χ1n) is 7.59. The second-order valence-electron chi connectivity index (χ2n) is 5.35. The van der Waals surface area contributed by atoms with Gasteiger partial charge in [-0.2, -0.15) is 0 Å². The molecular weight excluding hydrogens is 372 g/mol. The third-order valence-corrected chi connectivity index (χ3v) is 4.32. The molecular formula is C19H17BrO4. The Labute approximate surface area is 148 Å².